The van der Waals surface area contributed by atoms with Crippen molar-refractivity contribution < 1.29 is 22.3 Å². The van der Waals surface area contributed by atoms with Crippen LogP contribution in [0.4, 0.5) is 17.6 Å². The molecule has 0 aliphatic heterocycles. The molecule has 1 aromatic rings. The van der Waals surface area contributed by atoms with Crippen molar-refractivity contribution >= 4 is 0 Å². The molecule has 1 nitrogen and oxygen atoms in total. The molecule has 0 aromatic heterocycles. The Hall–Kier alpha value is -1.26. The Labute approximate surface area is 97.4 Å². The van der Waals surface area contributed by atoms with Gasteiger partial charge in [0.2, 0.25) is 11.6 Å². The molecule has 0 bridgehead atoms. The van der Waals surface area contributed by atoms with Crippen LogP contribution in [-0.2, 0) is 6.42 Å². The first kappa shape index (κ1) is 13.8. The molecule has 0 amide bonds. The molecule has 0 saturated carbocycles. The minimum Gasteiger partial charge on any atom is -0.491 e. The van der Waals surface area contributed by atoms with Gasteiger partial charge in [0.25, 0.3) is 0 Å². The molecule has 0 fully saturated rings. The largest absolute Gasteiger partial charge is 0.491 e. The molecule has 1 rings (SSSR count). The molecule has 0 saturated heterocycles. The molecule has 96 valence electrons. The number of hydrogen-bond acceptors (Lipinski definition) is 1. The Morgan fingerprint density at radius 2 is 1.29 bits per heavy atom. The van der Waals surface area contributed by atoms with Gasteiger partial charge in [-0.15, -0.1) is 0 Å². The highest BCUT2D eigenvalue weighted by Gasteiger charge is 2.28. The molecule has 0 spiro atoms. The molecule has 0 heterocycles. The number of halogens is 4. The molecule has 0 unspecified atom stereocenters. The Morgan fingerprint density at radius 1 is 0.882 bits per heavy atom. The molecule has 0 aliphatic rings. The van der Waals surface area contributed by atoms with E-state index >= 15 is 0 Å². The van der Waals surface area contributed by atoms with Gasteiger partial charge in [-0.05, 0) is 11.8 Å². The van der Waals surface area contributed by atoms with E-state index in [1.165, 1.54) is 0 Å². The first-order valence-electron chi connectivity index (χ1n) is 5.08. The maximum absolute atomic E-state index is 13.6. The van der Waals surface area contributed by atoms with Gasteiger partial charge in [0.15, 0.2) is 17.4 Å². The van der Waals surface area contributed by atoms with Gasteiger partial charge >= 0.3 is 0 Å². The number of rotatable bonds is 2. The Balaban J connectivity index is 3.43. The average molecular weight is 250 g/mol. The van der Waals surface area contributed by atoms with Crippen LogP contribution in [0.3, 0.4) is 0 Å². The van der Waals surface area contributed by atoms with Crippen molar-refractivity contribution in [2.75, 3.05) is 7.11 Å². The van der Waals surface area contributed by atoms with E-state index in [-0.39, 0.29) is 6.42 Å². The van der Waals surface area contributed by atoms with Gasteiger partial charge in [0, 0.05) is 5.56 Å². The first-order chi connectivity index (χ1) is 7.69. The van der Waals surface area contributed by atoms with Crippen LogP contribution in [0.5, 0.6) is 5.75 Å². The third-order valence-corrected chi connectivity index (χ3v) is 2.23. The topological polar surface area (TPSA) is 9.23 Å². The molecular formula is C12H14F4O. The highest BCUT2D eigenvalue weighted by atomic mass is 19.2. The molecule has 17 heavy (non-hydrogen) atoms. The minimum absolute atomic E-state index is 0.109. The van der Waals surface area contributed by atoms with E-state index in [0.717, 1.165) is 7.11 Å². The van der Waals surface area contributed by atoms with Crippen LogP contribution in [0, 0.1) is 28.7 Å². The average Bonchev–Trinajstić information content (AvgIpc) is 2.21. The number of methoxy groups -OCH3 is 1. The van der Waals surface area contributed by atoms with E-state index in [0.29, 0.717) is 0 Å². The lowest BCUT2D eigenvalue weighted by atomic mass is 9.87. The van der Waals surface area contributed by atoms with Crippen LogP contribution in [0.1, 0.15) is 26.3 Å². The summed E-state index contributed by atoms with van der Waals surface area (Å²) in [4.78, 5) is 0. The summed E-state index contributed by atoms with van der Waals surface area (Å²) >= 11 is 0. The fraction of sp³-hybridized carbons (Fsp3) is 0.500. The van der Waals surface area contributed by atoms with Crippen LogP contribution in [0.25, 0.3) is 0 Å². The summed E-state index contributed by atoms with van der Waals surface area (Å²) in [5, 5.41) is 0. The minimum atomic E-state index is -1.49. The van der Waals surface area contributed by atoms with Crippen molar-refractivity contribution in [1.82, 2.24) is 0 Å². The van der Waals surface area contributed by atoms with Crippen molar-refractivity contribution in [2.24, 2.45) is 5.41 Å². The summed E-state index contributed by atoms with van der Waals surface area (Å²) in [5.41, 5.74) is -1.08. The summed E-state index contributed by atoms with van der Waals surface area (Å²) in [7, 11) is 0.948. The lowest BCUT2D eigenvalue weighted by Crippen LogP contribution is -2.15. The van der Waals surface area contributed by atoms with Gasteiger partial charge in [0.1, 0.15) is 0 Å². The van der Waals surface area contributed by atoms with Gasteiger partial charge in [-0.2, -0.15) is 8.78 Å². The Kier molecular flexibility index (Phi) is 3.69. The third-order valence-electron chi connectivity index (χ3n) is 2.23. The van der Waals surface area contributed by atoms with E-state index in [4.69, 9.17) is 0 Å². The Bertz CT molecular complexity index is 406. The molecule has 0 aliphatic carbocycles. The molecule has 0 radical (unpaired) electrons. The molecular weight excluding hydrogens is 236 g/mol. The standard InChI is InChI=1S/C12H14F4O/c1-12(2,3)5-6-7(13)9(15)11(17-4)10(16)8(6)14/h5H2,1-4H3. The van der Waals surface area contributed by atoms with Crippen LogP contribution >= 0.6 is 0 Å². The van der Waals surface area contributed by atoms with Crippen molar-refractivity contribution in [3.05, 3.63) is 28.8 Å². The monoisotopic (exact) mass is 250 g/mol. The quantitative estimate of drug-likeness (QED) is 0.572. The van der Waals surface area contributed by atoms with Crippen molar-refractivity contribution in [2.45, 2.75) is 27.2 Å². The predicted molar refractivity (Wildman–Crippen MR) is 56.0 cm³/mol. The summed E-state index contributed by atoms with van der Waals surface area (Å²) in [5.74, 6) is -6.81. The fourth-order valence-electron chi connectivity index (χ4n) is 1.52. The van der Waals surface area contributed by atoms with Gasteiger partial charge in [-0.1, -0.05) is 20.8 Å². The number of benzene rings is 1. The van der Waals surface area contributed by atoms with E-state index in [1.807, 2.05) is 0 Å². The maximum atomic E-state index is 13.6. The maximum Gasteiger partial charge on any atom is 0.204 e. The van der Waals surface area contributed by atoms with E-state index in [1.54, 1.807) is 20.8 Å². The summed E-state index contributed by atoms with van der Waals surface area (Å²) in [6.45, 7) is 5.14. The third kappa shape index (κ3) is 2.70. The zero-order valence-corrected chi connectivity index (χ0v) is 10.1. The normalized spacial score (nSPS) is 11.8. The molecule has 0 N–H and O–H groups in total. The van der Waals surface area contributed by atoms with Gasteiger partial charge < -0.3 is 4.74 Å². The van der Waals surface area contributed by atoms with Gasteiger partial charge in [-0.3, -0.25) is 0 Å². The molecule has 5 heteroatoms. The zero-order chi connectivity index (χ0) is 13.4. The highest BCUT2D eigenvalue weighted by Crippen LogP contribution is 2.33. The van der Waals surface area contributed by atoms with Crippen LogP contribution in [0.15, 0.2) is 0 Å². The number of hydrogen-bond donors (Lipinski definition) is 0. The zero-order valence-electron chi connectivity index (χ0n) is 10.1. The van der Waals surface area contributed by atoms with Gasteiger partial charge in [-0.25, -0.2) is 8.78 Å². The van der Waals surface area contributed by atoms with Crippen LogP contribution < -0.4 is 4.74 Å². The number of ether oxygens (including phenoxy) is 1. The van der Waals surface area contributed by atoms with Crippen LogP contribution in [-0.4, -0.2) is 7.11 Å². The Morgan fingerprint density at radius 3 is 1.59 bits per heavy atom. The summed E-state index contributed by atoms with van der Waals surface area (Å²) < 4.78 is 58.2. The van der Waals surface area contributed by atoms with Crippen molar-refractivity contribution in [1.29, 1.82) is 0 Å². The molecule has 0 atom stereocenters. The van der Waals surface area contributed by atoms with Crippen molar-refractivity contribution in [3.63, 3.8) is 0 Å². The summed E-state index contributed by atoms with van der Waals surface area (Å²) in [6.07, 6.45) is -0.109. The fourth-order valence-corrected chi connectivity index (χ4v) is 1.52. The van der Waals surface area contributed by atoms with Crippen LogP contribution in [0.2, 0.25) is 0 Å². The highest BCUT2D eigenvalue weighted by molar-refractivity contribution is 5.34. The second kappa shape index (κ2) is 4.55. The van der Waals surface area contributed by atoms with E-state index in [9.17, 15) is 17.6 Å². The molecule has 1 aromatic carbocycles. The predicted octanol–water partition coefficient (Wildman–Crippen LogP) is 3.84. The second-order valence-electron chi connectivity index (χ2n) is 5.01. The SMILES string of the molecule is COc1c(F)c(F)c(CC(C)(C)C)c(F)c1F. The first-order valence-corrected chi connectivity index (χ1v) is 5.08. The van der Waals surface area contributed by atoms with E-state index in [2.05, 4.69) is 4.74 Å². The summed E-state index contributed by atoms with van der Waals surface area (Å²) in [6, 6.07) is 0. The van der Waals surface area contributed by atoms with Crippen molar-refractivity contribution in [3.8, 4) is 5.75 Å². The van der Waals surface area contributed by atoms with Gasteiger partial charge in [0.05, 0.1) is 7.11 Å². The second-order valence-corrected chi connectivity index (χ2v) is 5.01. The van der Waals surface area contributed by atoms with E-state index < -0.39 is 40.0 Å². The smallest absolute Gasteiger partial charge is 0.204 e. The lowest BCUT2D eigenvalue weighted by Gasteiger charge is -2.20. The lowest BCUT2D eigenvalue weighted by molar-refractivity contribution is 0.319.